The monoisotopic (exact) mass is 185 g/mol. The summed E-state index contributed by atoms with van der Waals surface area (Å²) in [6.45, 7) is 1.85. The van der Waals surface area contributed by atoms with Gasteiger partial charge in [0.1, 0.15) is 0 Å². The van der Waals surface area contributed by atoms with Gasteiger partial charge in [0.05, 0.1) is 6.61 Å². The smallest absolute Gasteiger partial charge is 0.223 e. The predicted molar refractivity (Wildman–Crippen MR) is 51.3 cm³/mol. The molecule has 0 radical (unpaired) electrons. The molecule has 0 unspecified atom stereocenters. The fraction of sp³-hybridized carbons (Fsp3) is 0.900. The number of rotatable bonds is 3. The number of hydrogen-bond donors (Lipinski definition) is 2. The van der Waals surface area contributed by atoms with E-state index in [1.807, 2.05) is 6.92 Å². The van der Waals surface area contributed by atoms with Crippen LogP contribution in [0.1, 0.15) is 39.0 Å². The number of carbonyl (C=O) groups is 1. The average Bonchev–Trinajstić information content (AvgIpc) is 2.19. The zero-order valence-electron chi connectivity index (χ0n) is 8.25. The van der Waals surface area contributed by atoms with Crippen molar-refractivity contribution in [3.8, 4) is 0 Å². The molecule has 13 heavy (non-hydrogen) atoms. The number of carbonyl (C=O) groups excluding carboxylic acids is 1. The number of nitrogens with one attached hydrogen (secondary N) is 1. The molecular weight excluding hydrogens is 166 g/mol. The van der Waals surface area contributed by atoms with E-state index in [1.54, 1.807) is 0 Å². The van der Waals surface area contributed by atoms with Crippen molar-refractivity contribution in [2.24, 2.45) is 5.92 Å². The van der Waals surface area contributed by atoms with Gasteiger partial charge in [-0.15, -0.1) is 0 Å². The summed E-state index contributed by atoms with van der Waals surface area (Å²) >= 11 is 0. The van der Waals surface area contributed by atoms with Crippen LogP contribution in [-0.4, -0.2) is 23.7 Å². The van der Waals surface area contributed by atoms with Gasteiger partial charge >= 0.3 is 0 Å². The van der Waals surface area contributed by atoms with Gasteiger partial charge in [0.15, 0.2) is 0 Å². The first-order valence-corrected chi connectivity index (χ1v) is 5.15. The zero-order valence-corrected chi connectivity index (χ0v) is 8.25. The molecule has 2 N–H and O–H groups in total. The Balaban J connectivity index is 2.29. The van der Waals surface area contributed by atoms with Crippen molar-refractivity contribution in [3.05, 3.63) is 0 Å². The lowest BCUT2D eigenvalue weighted by Crippen LogP contribution is -2.39. The van der Waals surface area contributed by atoms with E-state index in [-0.39, 0.29) is 24.5 Å². The highest BCUT2D eigenvalue weighted by atomic mass is 16.3. The maximum absolute atomic E-state index is 11.5. The van der Waals surface area contributed by atoms with Crippen molar-refractivity contribution in [3.63, 3.8) is 0 Å². The number of aliphatic hydroxyl groups excluding tert-OH is 1. The molecule has 1 fully saturated rings. The molecule has 0 bridgehead atoms. The van der Waals surface area contributed by atoms with Crippen LogP contribution in [0.15, 0.2) is 0 Å². The molecule has 3 nitrogen and oxygen atoms in total. The Morgan fingerprint density at radius 1 is 1.46 bits per heavy atom. The molecule has 1 aliphatic carbocycles. The highest BCUT2D eigenvalue weighted by Crippen LogP contribution is 2.23. The zero-order chi connectivity index (χ0) is 9.68. The van der Waals surface area contributed by atoms with Gasteiger partial charge in [-0.3, -0.25) is 4.79 Å². The maximum atomic E-state index is 11.5. The Labute approximate surface area is 79.5 Å². The predicted octanol–water partition coefficient (Wildman–Crippen LogP) is 1.06. The van der Waals surface area contributed by atoms with Crippen LogP contribution in [0.2, 0.25) is 0 Å². The van der Waals surface area contributed by atoms with Crippen LogP contribution in [0.5, 0.6) is 0 Å². The van der Waals surface area contributed by atoms with Crippen molar-refractivity contribution in [2.45, 2.75) is 45.1 Å². The molecule has 0 spiro atoms. The molecule has 0 saturated heterocycles. The molecular formula is C10H19NO2. The van der Waals surface area contributed by atoms with Crippen molar-refractivity contribution in [1.82, 2.24) is 5.32 Å². The van der Waals surface area contributed by atoms with Crippen molar-refractivity contribution in [2.75, 3.05) is 6.61 Å². The van der Waals surface area contributed by atoms with Gasteiger partial charge < -0.3 is 10.4 Å². The lowest BCUT2D eigenvalue weighted by atomic mass is 9.88. The third-order valence-corrected chi connectivity index (χ3v) is 2.64. The first-order valence-electron chi connectivity index (χ1n) is 5.15. The third-order valence-electron chi connectivity index (χ3n) is 2.64. The fourth-order valence-electron chi connectivity index (χ4n) is 1.77. The third kappa shape index (κ3) is 3.35. The van der Waals surface area contributed by atoms with Gasteiger partial charge in [-0.2, -0.15) is 0 Å². The van der Waals surface area contributed by atoms with Gasteiger partial charge in [-0.1, -0.05) is 19.3 Å². The molecule has 3 heteroatoms. The van der Waals surface area contributed by atoms with Crippen LogP contribution in [0.25, 0.3) is 0 Å². The molecule has 0 aliphatic heterocycles. The van der Waals surface area contributed by atoms with Crippen LogP contribution in [0, 0.1) is 5.92 Å². The summed E-state index contributed by atoms with van der Waals surface area (Å²) in [6, 6.07) is -0.102. The second-order valence-corrected chi connectivity index (χ2v) is 3.93. The van der Waals surface area contributed by atoms with Crippen LogP contribution in [-0.2, 0) is 4.79 Å². The lowest BCUT2D eigenvalue weighted by Gasteiger charge is -2.22. The van der Waals surface area contributed by atoms with E-state index in [0.717, 1.165) is 12.8 Å². The summed E-state index contributed by atoms with van der Waals surface area (Å²) < 4.78 is 0. The number of aliphatic hydroxyl groups is 1. The van der Waals surface area contributed by atoms with Crippen molar-refractivity contribution >= 4 is 5.91 Å². The van der Waals surface area contributed by atoms with E-state index in [9.17, 15) is 4.79 Å². The summed E-state index contributed by atoms with van der Waals surface area (Å²) in [4.78, 5) is 11.5. The van der Waals surface area contributed by atoms with Gasteiger partial charge in [0.25, 0.3) is 0 Å². The minimum absolute atomic E-state index is 0.0262. The van der Waals surface area contributed by atoms with Crippen LogP contribution >= 0.6 is 0 Å². The van der Waals surface area contributed by atoms with E-state index < -0.39 is 0 Å². The molecule has 0 aromatic carbocycles. The molecule has 1 saturated carbocycles. The quantitative estimate of drug-likeness (QED) is 0.691. The van der Waals surface area contributed by atoms with Gasteiger partial charge in [0.2, 0.25) is 5.91 Å². The maximum Gasteiger partial charge on any atom is 0.223 e. The first kappa shape index (κ1) is 10.5. The molecule has 1 rings (SSSR count). The first-order chi connectivity index (χ1) is 6.24. The van der Waals surface area contributed by atoms with Gasteiger partial charge in [-0.05, 0) is 19.8 Å². The van der Waals surface area contributed by atoms with Crippen LogP contribution < -0.4 is 5.32 Å². The summed E-state index contributed by atoms with van der Waals surface area (Å²) in [6.07, 6.45) is 5.64. The molecule has 0 aromatic heterocycles. The fourth-order valence-corrected chi connectivity index (χ4v) is 1.77. The van der Waals surface area contributed by atoms with E-state index in [1.165, 1.54) is 19.3 Å². The molecule has 1 aliphatic rings. The second-order valence-electron chi connectivity index (χ2n) is 3.93. The largest absolute Gasteiger partial charge is 0.394 e. The average molecular weight is 185 g/mol. The standard InChI is InChI=1S/C10H19NO2/c1-8(7-12)11-10(13)9-5-3-2-4-6-9/h8-9,12H,2-7H2,1H3,(H,11,13)/t8-/m0/s1. The molecule has 0 heterocycles. The van der Waals surface area contributed by atoms with E-state index >= 15 is 0 Å². The Kier molecular flexibility index (Phi) is 4.22. The Hall–Kier alpha value is -0.570. The Bertz CT molecular complexity index is 164. The summed E-state index contributed by atoms with van der Waals surface area (Å²) in [5.74, 6) is 0.323. The molecule has 0 aromatic rings. The summed E-state index contributed by atoms with van der Waals surface area (Å²) in [5, 5.41) is 11.6. The summed E-state index contributed by atoms with van der Waals surface area (Å²) in [5.41, 5.74) is 0. The molecule has 1 amide bonds. The lowest BCUT2D eigenvalue weighted by molar-refractivity contribution is -0.126. The van der Waals surface area contributed by atoms with Crippen molar-refractivity contribution < 1.29 is 9.90 Å². The molecule has 76 valence electrons. The van der Waals surface area contributed by atoms with E-state index in [2.05, 4.69) is 5.32 Å². The number of hydrogen-bond acceptors (Lipinski definition) is 2. The Morgan fingerprint density at radius 3 is 2.62 bits per heavy atom. The van der Waals surface area contributed by atoms with Gasteiger partial charge in [0, 0.05) is 12.0 Å². The van der Waals surface area contributed by atoms with E-state index in [4.69, 9.17) is 5.11 Å². The topological polar surface area (TPSA) is 49.3 Å². The second kappa shape index (κ2) is 5.22. The highest BCUT2D eigenvalue weighted by molar-refractivity contribution is 5.78. The number of amides is 1. The SMILES string of the molecule is C[C@@H](CO)NC(=O)C1CCCCC1. The molecule has 1 atom stereocenters. The van der Waals surface area contributed by atoms with Crippen LogP contribution in [0.4, 0.5) is 0 Å². The van der Waals surface area contributed by atoms with Gasteiger partial charge in [-0.25, -0.2) is 0 Å². The highest BCUT2D eigenvalue weighted by Gasteiger charge is 2.21. The van der Waals surface area contributed by atoms with E-state index in [0.29, 0.717) is 0 Å². The minimum Gasteiger partial charge on any atom is -0.394 e. The van der Waals surface area contributed by atoms with Crippen LogP contribution in [0.3, 0.4) is 0 Å². The Morgan fingerprint density at radius 2 is 2.08 bits per heavy atom. The summed E-state index contributed by atoms with van der Waals surface area (Å²) in [7, 11) is 0. The minimum atomic E-state index is -0.102. The normalized spacial score (nSPS) is 21.1. The van der Waals surface area contributed by atoms with Crippen molar-refractivity contribution in [1.29, 1.82) is 0 Å².